The minimum Gasteiger partial charge on any atom is -0.318 e. The third-order valence-electron chi connectivity index (χ3n) is 3.66. The molecular weight excluding hydrogens is 196 g/mol. The molecule has 0 saturated heterocycles. The third kappa shape index (κ3) is 2.63. The van der Waals surface area contributed by atoms with Crippen molar-refractivity contribution in [1.82, 2.24) is 10.2 Å². The first-order valence-electron chi connectivity index (χ1n) is 6.23. The van der Waals surface area contributed by atoms with Gasteiger partial charge in [-0.1, -0.05) is 24.3 Å². The Kier molecular flexibility index (Phi) is 3.97. The smallest absolute Gasteiger partial charge is 0.0136 e. The van der Waals surface area contributed by atoms with E-state index in [0.29, 0.717) is 0 Å². The molecule has 1 N–H and O–H groups in total. The van der Waals surface area contributed by atoms with Crippen LogP contribution in [0.1, 0.15) is 17.5 Å². The Labute approximate surface area is 98.7 Å². The van der Waals surface area contributed by atoms with Crippen LogP contribution >= 0.6 is 0 Å². The summed E-state index contributed by atoms with van der Waals surface area (Å²) in [5.41, 5.74) is 3.11. The summed E-state index contributed by atoms with van der Waals surface area (Å²) < 4.78 is 0. The molecule has 1 unspecified atom stereocenters. The maximum absolute atomic E-state index is 3.22. The Bertz CT molecular complexity index is 335. The summed E-state index contributed by atoms with van der Waals surface area (Å²) in [6.45, 7) is 2.22. The Morgan fingerprint density at radius 2 is 2.06 bits per heavy atom. The van der Waals surface area contributed by atoms with Gasteiger partial charge in [0.1, 0.15) is 0 Å². The fourth-order valence-corrected chi connectivity index (χ4v) is 2.53. The molecule has 0 aliphatic heterocycles. The highest BCUT2D eigenvalue weighted by Gasteiger charge is 2.20. The van der Waals surface area contributed by atoms with Gasteiger partial charge in [-0.05, 0) is 44.5 Å². The molecule has 0 aromatic heterocycles. The fourth-order valence-electron chi connectivity index (χ4n) is 2.53. The van der Waals surface area contributed by atoms with Crippen molar-refractivity contribution in [2.75, 3.05) is 27.2 Å². The number of hydrogen-bond donors (Lipinski definition) is 1. The van der Waals surface area contributed by atoms with Crippen molar-refractivity contribution in [3.63, 3.8) is 0 Å². The molecule has 16 heavy (non-hydrogen) atoms. The van der Waals surface area contributed by atoms with E-state index >= 15 is 0 Å². The van der Waals surface area contributed by atoms with Crippen LogP contribution in [0, 0.1) is 0 Å². The van der Waals surface area contributed by atoms with Gasteiger partial charge >= 0.3 is 0 Å². The Hall–Kier alpha value is -0.860. The van der Waals surface area contributed by atoms with Crippen LogP contribution in [-0.2, 0) is 12.8 Å². The highest BCUT2D eigenvalue weighted by molar-refractivity contribution is 5.30. The van der Waals surface area contributed by atoms with E-state index in [1.807, 2.05) is 7.05 Å². The van der Waals surface area contributed by atoms with E-state index in [4.69, 9.17) is 0 Å². The van der Waals surface area contributed by atoms with Crippen molar-refractivity contribution in [2.24, 2.45) is 0 Å². The van der Waals surface area contributed by atoms with Gasteiger partial charge in [-0.15, -0.1) is 0 Å². The number of rotatable bonds is 4. The predicted octanol–water partition coefficient (Wildman–Crippen LogP) is 1.70. The van der Waals surface area contributed by atoms with E-state index < -0.39 is 0 Å². The van der Waals surface area contributed by atoms with Crippen LogP contribution in [0.4, 0.5) is 0 Å². The molecule has 1 aliphatic carbocycles. The maximum Gasteiger partial charge on any atom is 0.0136 e. The summed E-state index contributed by atoms with van der Waals surface area (Å²) in [6, 6.07) is 9.61. The van der Waals surface area contributed by atoms with Gasteiger partial charge in [-0.2, -0.15) is 0 Å². The van der Waals surface area contributed by atoms with E-state index in [1.165, 1.54) is 19.3 Å². The molecule has 0 heterocycles. The number of benzene rings is 1. The molecule has 1 atom stereocenters. The molecule has 0 fully saturated rings. The SMILES string of the molecule is CNCCN(C)C1CCc2ccccc2C1. The molecule has 88 valence electrons. The lowest BCUT2D eigenvalue weighted by atomic mass is 9.88. The van der Waals surface area contributed by atoms with Crippen LogP contribution in [0.2, 0.25) is 0 Å². The van der Waals surface area contributed by atoms with Gasteiger partial charge in [0.15, 0.2) is 0 Å². The standard InChI is InChI=1S/C14H22N2/c1-15-9-10-16(2)14-8-7-12-5-3-4-6-13(12)11-14/h3-6,14-15H,7-11H2,1-2H3. The van der Waals surface area contributed by atoms with Crippen molar-refractivity contribution in [1.29, 1.82) is 0 Å². The summed E-state index contributed by atoms with van der Waals surface area (Å²) in [7, 11) is 4.26. The molecule has 1 aromatic rings. The van der Waals surface area contributed by atoms with Crippen molar-refractivity contribution in [3.8, 4) is 0 Å². The lowest BCUT2D eigenvalue weighted by Gasteiger charge is -2.32. The van der Waals surface area contributed by atoms with Crippen LogP contribution in [0.5, 0.6) is 0 Å². The average molecular weight is 218 g/mol. The number of nitrogens with one attached hydrogen (secondary N) is 1. The first-order chi connectivity index (χ1) is 7.81. The monoisotopic (exact) mass is 218 g/mol. The molecule has 1 aromatic carbocycles. The third-order valence-corrected chi connectivity index (χ3v) is 3.66. The van der Waals surface area contributed by atoms with Crippen molar-refractivity contribution in [2.45, 2.75) is 25.3 Å². The lowest BCUT2D eigenvalue weighted by Crippen LogP contribution is -2.39. The number of fused-ring (bicyclic) bond motifs is 1. The van der Waals surface area contributed by atoms with Crippen LogP contribution in [0.25, 0.3) is 0 Å². The topological polar surface area (TPSA) is 15.3 Å². The first kappa shape index (κ1) is 11.6. The summed E-state index contributed by atoms with van der Waals surface area (Å²) in [5.74, 6) is 0. The van der Waals surface area contributed by atoms with Gasteiger partial charge in [0, 0.05) is 19.1 Å². The average Bonchev–Trinajstić information content (AvgIpc) is 2.35. The summed E-state index contributed by atoms with van der Waals surface area (Å²) >= 11 is 0. The lowest BCUT2D eigenvalue weighted by molar-refractivity contribution is 0.223. The Balaban J connectivity index is 1.97. The second-order valence-corrected chi connectivity index (χ2v) is 4.75. The number of nitrogens with zero attached hydrogens (tertiary/aromatic N) is 1. The Morgan fingerprint density at radius 1 is 1.31 bits per heavy atom. The molecule has 0 spiro atoms. The number of aryl methyl sites for hydroxylation is 1. The van der Waals surface area contributed by atoms with Crippen LogP contribution < -0.4 is 5.32 Å². The van der Waals surface area contributed by atoms with Gasteiger partial charge < -0.3 is 10.2 Å². The number of hydrogen-bond acceptors (Lipinski definition) is 2. The zero-order valence-corrected chi connectivity index (χ0v) is 10.4. The van der Waals surface area contributed by atoms with Gasteiger partial charge in [-0.25, -0.2) is 0 Å². The Morgan fingerprint density at radius 3 is 2.81 bits per heavy atom. The molecule has 1 aliphatic rings. The van der Waals surface area contributed by atoms with E-state index in [1.54, 1.807) is 11.1 Å². The highest BCUT2D eigenvalue weighted by atomic mass is 15.1. The van der Waals surface area contributed by atoms with Gasteiger partial charge in [0.2, 0.25) is 0 Å². The van der Waals surface area contributed by atoms with Gasteiger partial charge in [-0.3, -0.25) is 0 Å². The molecule has 0 amide bonds. The molecule has 0 radical (unpaired) electrons. The fraction of sp³-hybridized carbons (Fsp3) is 0.571. The molecule has 2 heteroatoms. The molecular formula is C14H22N2. The van der Waals surface area contributed by atoms with Crippen molar-refractivity contribution >= 4 is 0 Å². The first-order valence-corrected chi connectivity index (χ1v) is 6.23. The second kappa shape index (κ2) is 5.46. The summed E-state index contributed by atoms with van der Waals surface area (Å²) in [4.78, 5) is 2.49. The maximum atomic E-state index is 3.22. The summed E-state index contributed by atoms with van der Waals surface area (Å²) in [6.07, 6.45) is 3.76. The van der Waals surface area contributed by atoms with Gasteiger partial charge in [0.25, 0.3) is 0 Å². The molecule has 2 nitrogen and oxygen atoms in total. The van der Waals surface area contributed by atoms with Crippen LogP contribution in [-0.4, -0.2) is 38.1 Å². The zero-order chi connectivity index (χ0) is 11.4. The molecule has 0 bridgehead atoms. The largest absolute Gasteiger partial charge is 0.318 e. The summed E-state index contributed by atoms with van der Waals surface area (Å²) in [5, 5.41) is 3.22. The van der Waals surface area contributed by atoms with E-state index in [0.717, 1.165) is 19.1 Å². The van der Waals surface area contributed by atoms with E-state index in [9.17, 15) is 0 Å². The minimum atomic E-state index is 0.725. The van der Waals surface area contributed by atoms with E-state index in [2.05, 4.69) is 41.5 Å². The van der Waals surface area contributed by atoms with E-state index in [-0.39, 0.29) is 0 Å². The second-order valence-electron chi connectivity index (χ2n) is 4.75. The predicted molar refractivity (Wildman–Crippen MR) is 68.8 cm³/mol. The van der Waals surface area contributed by atoms with Crippen molar-refractivity contribution in [3.05, 3.63) is 35.4 Å². The zero-order valence-electron chi connectivity index (χ0n) is 10.4. The quantitative estimate of drug-likeness (QED) is 0.827. The van der Waals surface area contributed by atoms with Crippen LogP contribution in [0.3, 0.4) is 0 Å². The van der Waals surface area contributed by atoms with Gasteiger partial charge in [0.05, 0.1) is 0 Å². The van der Waals surface area contributed by atoms with Crippen molar-refractivity contribution < 1.29 is 0 Å². The molecule has 2 rings (SSSR count). The normalized spacial score (nSPS) is 19.8. The molecule has 0 saturated carbocycles. The van der Waals surface area contributed by atoms with Crippen LogP contribution in [0.15, 0.2) is 24.3 Å². The minimum absolute atomic E-state index is 0.725. The number of likely N-dealkylation sites (N-methyl/N-ethyl adjacent to an activating group) is 2. The highest BCUT2D eigenvalue weighted by Crippen LogP contribution is 2.23.